The van der Waals surface area contributed by atoms with Gasteiger partial charge in [0.05, 0.1) is 0 Å². The van der Waals surface area contributed by atoms with Crippen molar-refractivity contribution in [1.29, 1.82) is 0 Å². The lowest BCUT2D eigenvalue weighted by atomic mass is 9.84. The molecule has 0 nitrogen and oxygen atoms in total. The highest BCUT2D eigenvalue weighted by molar-refractivity contribution is 5.31. The summed E-state index contributed by atoms with van der Waals surface area (Å²) in [6, 6.07) is 18.2. The third kappa shape index (κ3) is 3.30. The Bertz CT molecular complexity index is 545. The maximum absolute atomic E-state index is 2.36. The molecule has 2 aromatic rings. The van der Waals surface area contributed by atoms with Gasteiger partial charge < -0.3 is 0 Å². The van der Waals surface area contributed by atoms with Crippen molar-refractivity contribution >= 4 is 0 Å². The van der Waals surface area contributed by atoms with Gasteiger partial charge in [-0.1, -0.05) is 73.4 Å². The van der Waals surface area contributed by atoms with Gasteiger partial charge in [-0.15, -0.1) is 0 Å². The van der Waals surface area contributed by atoms with Gasteiger partial charge in [-0.3, -0.25) is 0 Å². The van der Waals surface area contributed by atoms with Gasteiger partial charge in [0.15, 0.2) is 0 Å². The molecule has 20 heavy (non-hydrogen) atoms. The second-order valence-electron chi connectivity index (χ2n) is 6.24. The van der Waals surface area contributed by atoms with E-state index in [-0.39, 0.29) is 0 Å². The zero-order valence-corrected chi connectivity index (χ0v) is 12.4. The summed E-state index contributed by atoms with van der Waals surface area (Å²) in [5, 5.41) is 0. The van der Waals surface area contributed by atoms with E-state index in [2.05, 4.69) is 55.5 Å². The number of rotatable bonds is 3. The fourth-order valence-corrected chi connectivity index (χ4v) is 3.40. The largest absolute Gasteiger partial charge is 0.0617 e. The minimum absolute atomic E-state index is 0.816. The van der Waals surface area contributed by atoms with Crippen LogP contribution in [-0.2, 0) is 6.42 Å². The van der Waals surface area contributed by atoms with Gasteiger partial charge in [0, 0.05) is 0 Å². The molecule has 0 aliphatic heterocycles. The van der Waals surface area contributed by atoms with Gasteiger partial charge >= 0.3 is 0 Å². The van der Waals surface area contributed by atoms with Crippen LogP contribution in [0.4, 0.5) is 0 Å². The van der Waals surface area contributed by atoms with Crippen LogP contribution in [0, 0.1) is 6.92 Å². The van der Waals surface area contributed by atoms with Gasteiger partial charge in [-0.25, -0.2) is 0 Å². The van der Waals surface area contributed by atoms with E-state index in [0.717, 1.165) is 12.3 Å². The summed E-state index contributed by atoms with van der Waals surface area (Å²) < 4.78 is 0. The molecule has 0 unspecified atom stereocenters. The Morgan fingerprint density at radius 2 is 1.60 bits per heavy atom. The monoisotopic (exact) mass is 264 g/mol. The van der Waals surface area contributed by atoms with Crippen molar-refractivity contribution in [3.63, 3.8) is 0 Å². The molecule has 1 aliphatic carbocycles. The van der Waals surface area contributed by atoms with Crippen LogP contribution in [0.15, 0.2) is 48.5 Å². The standard InChI is InChI=1S/C20H24/c1-16-6-5-7-18(14-16)15-17-10-12-20(13-11-17)19-8-3-2-4-9-19/h5-7,10-14,19H,2-4,8-9,15H2,1H3. The molecular formula is C20H24. The van der Waals surface area contributed by atoms with Crippen molar-refractivity contribution in [1.82, 2.24) is 0 Å². The van der Waals surface area contributed by atoms with E-state index in [1.54, 1.807) is 5.56 Å². The van der Waals surface area contributed by atoms with Crippen LogP contribution in [0.5, 0.6) is 0 Å². The Morgan fingerprint density at radius 1 is 0.850 bits per heavy atom. The molecule has 0 spiro atoms. The second-order valence-corrected chi connectivity index (χ2v) is 6.24. The molecule has 1 aliphatic rings. The van der Waals surface area contributed by atoms with E-state index >= 15 is 0 Å². The summed E-state index contributed by atoms with van der Waals surface area (Å²) in [7, 11) is 0. The van der Waals surface area contributed by atoms with Crippen molar-refractivity contribution < 1.29 is 0 Å². The molecule has 0 bridgehead atoms. The average molecular weight is 264 g/mol. The van der Waals surface area contributed by atoms with Gasteiger partial charge in [0.2, 0.25) is 0 Å². The topological polar surface area (TPSA) is 0 Å². The highest BCUT2D eigenvalue weighted by Gasteiger charge is 2.14. The Kier molecular flexibility index (Phi) is 4.20. The van der Waals surface area contributed by atoms with Crippen molar-refractivity contribution in [2.45, 2.75) is 51.4 Å². The summed E-state index contributed by atoms with van der Waals surface area (Å²) in [6.07, 6.45) is 8.08. The first kappa shape index (κ1) is 13.4. The van der Waals surface area contributed by atoms with Crippen LogP contribution < -0.4 is 0 Å². The molecule has 0 heteroatoms. The van der Waals surface area contributed by atoms with Crippen LogP contribution in [0.2, 0.25) is 0 Å². The Balaban J connectivity index is 1.69. The first-order valence-corrected chi connectivity index (χ1v) is 7.96. The number of hydrogen-bond donors (Lipinski definition) is 0. The van der Waals surface area contributed by atoms with Crippen molar-refractivity contribution in [3.05, 3.63) is 70.8 Å². The highest BCUT2D eigenvalue weighted by atomic mass is 14.2. The molecule has 2 aromatic carbocycles. The molecule has 0 N–H and O–H groups in total. The van der Waals surface area contributed by atoms with Gasteiger partial charge in [0.25, 0.3) is 0 Å². The Labute approximate surface area is 122 Å². The first-order valence-electron chi connectivity index (χ1n) is 7.96. The molecule has 0 saturated heterocycles. The maximum atomic E-state index is 2.36. The Morgan fingerprint density at radius 3 is 2.30 bits per heavy atom. The molecule has 0 aromatic heterocycles. The summed E-state index contributed by atoms with van der Waals surface area (Å²) in [4.78, 5) is 0. The molecule has 0 atom stereocenters. The predicted octanol–water partition coefficient (Wildman–Crippen LogP) is 5.63. The average Bonchev–Trinajstić information content (AvgIpc) is 2.49. The maximum Gasteiger partial charge on any atom is -0.00257 e. The SMILES string of the molecule is Cc1cccc(Cc2ccc(C3CCCCC3)cc2)c1. The van der Waals surface area contributed by atoms with Gasteiger partial charge in [0.1, 0.15) is 0 Å². The molecular weight excluding hydrogens is 240 g/mol. The van der Waals surface area contributed by atoms with E-state index in [4.69, 9.17) is 0 Å². The number of benzene rings is 2. The lowest BCUT2D eigenvalue weighted by Crippen LogP contribution is -2.04. The summed E-state index contributed by atoms with van der Waals surface area (Å²) in [5.74, 6) is 0.816. The number of hydrogen-bond acceptors (Lipinski definition) is 0. The molecule has 1 fully saturated rings. The van der Waals surface area contributed by atoms with E-state index < -0.39 is 0 Å². The van der Waals surface area contributed by atoms with Crippen molar-refractivity contribution in [2.75, 3.05) is 0 Å². The van der Waals surface area contributed by atoms with Crippen molar-refractivity contribution in [3.8, 4) is 0 Å². The van der Waals surface area contributed by atoms with E-state index in [1.807, 2.05) is 0 Å². The minimum atomic E-state index is 0.816. The van der Waals surface area contributed by atoms with Gasteiger partial charge in [-0.2, -0.15) is 0 Å². The fourth-order valence-electron chi connectivity index (χ4n) is 3.40. The van der Waals surface area contributed by atoms with Crippen LogP contribution in [0.1, 0.15) is 60.3 Å². The quantitative estimate of drug-likeness (QED) is 0.673. The third-order valence-corrected chi connectivity index (χ3v) is 4.55. The smallest absolute Gasteiger partial charge is 0.00257 e. The number of aryl methyl sites for hydroxylation is 1. The molecule has 0 amide bonds. The Hall–Kier alpha value is -1.56. The third-order valence-electron chi connectivity index (χ3n) is 4.55. The van der Waals surface area contributed by atoms with E-state index in [9.17, 15) is 0 Å². The molecule has 104 valence electrons. The zero-order valence-electron chi connectivity index (χ0n) is 12.4. The van der Waals surface area contributed by atoms with Crippen LogP contribution in [0.3, 0.4) is 0 Å². The van der Waals surface area contributed by atoms with Crippen molar-refractivity contribution in [2.24, 2.45) is 0 Å². The lowest BCUT2D eigenvalue weighted by Gasteiger charge is -2.22. The summed E-state index contributed by atoms with van der Waals surface area (Å²) >= 11 is 0. The minimum Gasteiger partial charge on any atom is -0.0617 e. The van der Waals surface area contributed by atoms with E-state index in [0.29, 0.717) is 0 Å². The van der Waals surface area contributed by atoms with Crippen LogP contribution >= 0.6 is 0 Å². The normalized spacial score (nSPS) is 16.2. The highest BCUT2D eigenvalue weighted by Crippen LogP contribution is 2.32. The molecule has 0 heterocycles. The van der Waals surface area contributed by atoms with Crippen LogP contribution in [-0.4, -0.2) is 0 Å². The van der Waals surface area contributed by atoms with Crippen LogP contribution in [0.25, 0.3) is 0 Å². The second kappa shape index (κ2) is 6.26. The van der Waals surface area contributed by atoms with Gasteiger partial charge in [-0.05, 0) is 48.8 Å². The zero-order chi connectivity index (χ0) is 13.8. The lowest BCUT2D eigenvalue weighted by molar-refractivity contribution is 0.443. The molecule has 1 saturated carbocycles. The predicted molar refractivity (Wildman–Crippen MR) is 86.3 cm³/mol. The van der Waals surface area contributed by atoms with E-state index in [1.165, 1.54) is 48.8 Å². The fraction of sp³-hybridized carbons (Fsp3) is 0.400. The molecule has 0 radical (unpaired) electrons. The molecule has 3 rings (SSSR count). The summed E-state index contributed by atoms with van der Waals surface area (Å²) in [6.45, 7) is 2.16. The summed E-state index contributed by atoms with van der Waals surface area (Å²) in [5.41, 5.74) is 5.74. The first-order chi connectivity index (χ1) is 9.81.